The third-order valence-corrected chi connectivity index (χ3v) is 5.85. The molecule has 106 valence electrons. The third kappa shape index (κ3) is 2.30. The van der Waals surface area contributed by atoms with Gasteiger partial charge in [0.25, 0.3) is 10.2 Å². The molecule has 2 atom stereocenters. The Hall–Kier alpha value is -0.210. The van der Waals surface area contributed by atoms with Crippen molar-refractivity contribution in [3.8, 4) is 0 Å². The summed E-state index contributed by atoms with van der Waals surface area (Å²) in [6.45, 7) is 1.62. The maximum Gasteiger partial charge on any atom is 0.281 e. The van der Waals surface area contributed by atoms with E-state index in [0.717, 1.165) is 19.4 Å². The van der Waals surface area contributed by atoms with E-state index in [9.17, 15) is 8.42 Å². The van der Waals surface area contributed by atoms with Crippen molar-refractivity contribution in [2.45, 2.75) is 31.0 Å². The average Bonchev–Trinajstić information content (AvgIpc) is 2.78. The maximum absolute atomic E-state index is 12.1. The van der Waals surface area contributed by atoms with E-state index in [1.165, 1.54) is 8.61 Å². The summed E-state index contributed by atoms with van der Waals surface area (Å²) in [4.78, 5) is 0. The fraction of sp³-hybridized carbons (Fsp3) is 1.00. The Kier molecular flexibility index (Phi) is 3.99. The van der Waals surface area contributed by atoms with E-state index in [0.29, 0.717) is 19.5 Å². The van der Waals surface area contributed by atoms with Crippen LogP contribution >= 0.6 is 0 Å². The van der Waals surface area contributed by atoms with E-state index in [2.05, 4.69) is 0 Å². The molecule has 0 amide bonds. The number of rotatable bonds is 3. The van der Waals surface area contributed by atoms with Crippen LogP contribution in [0.4, 0.5) is 0 Å². The second-order valence-corrected chi connectivity index (χ2v) is 7.28. The molecule has 0 aliphatic carbocycles. The molecule has 6 nitrogen and oxygen atoms in total. The van der Waals surface area contributed by atoms with Crippen molar-refractivity contribution >= 4 is 10.2 Å². The molecule has 0 radical (unpaired) electrons. The van der Waals surface area contributed by atoms with E-state index in [1.807, 2.05) is 0 Å². The highest BCUT2D eigenvalue weighted by atomic mass is 32.2. The van der Waals surface area contributed by atoms with Crippen molar-refractivity contribution in [3.63, 3.8) is 0 Å². The molecule has 0 aromatic rings. The Bertz CT molecular complexity index is 390. The topological polar surface area (TPSA) is 59.1 Å². The molecule has 18 heavy (non-hydrogen) atoms. The molecule has 0 N–H and O–H groups in total. The Labute approximate surface area is 109 Å². The molecule has 0 saturated carbocycles. The minimum atomic E-state index is -3.36. The van der Waals surface area contributed by atoms with Crippen LogP contribution < -0.4 is 0 Å². The van der Waals surface area contributed by atoms with Gasteiger partial charge < -0.3 is 9.47 Å². The van der Waals surface area contributed by atoms with Gasteiger partial charge in [0.1, 0.15) is 0 Å². The molecule has 0 aromatic carbocycles. The molecule has 7 heteroatoms. The molecule has 2 rings (SSSR count). The summed E-state index contributed by atoms with van der Waals surface area (Å²) in [6.07, 6.45) is 2.52. The third-order valence-electron chi connectivity index (χ3n) is 3.95. The predicted molar refractivity (Wildman–Crippen MR) is 67.5 cm³/mol. The van der Waals surface area contributed by atoms with Gasteiger partial charge >= 0.3 is 0 Å². The van der Waals surface area contributed by atoms with Crippen LogP contribution in [0.5, 0.6) is 0 Å². The summed E-state index contributed by atoms with van der Waals surface area (Å²) in [5.41, 5.74) is -0.271. The first-order valence-electron chi connectivity index (χ1n) is 6.27. The number of methoxy groups -OCH3 is 1. The molecule has 0 aromatic heterocycles. The van der Waals surface area contributed by atoms with Crippen molar-refractivity contribution in [1.29, 1.82) is 0 Å². The summed E-state index contributed by atoms with van der Waals surface area (Å²) < 4.78 is 38.3. The molecule has 2 fully saturated rings. The van der Waals surface area contributed by atoms with Crippen molar-refractivity contribution in [1.82, 2.24) is 8.61 Å². The maximum atomic E-state index is 12.1. The lowest BCUT2D eigenvalue weighted by Gasteiger charge is -2.44. The van der Waals surface area contributed by atoms with E-state index < -0.39 is 10.2 Å². The fourth-order valence-electron chi connectivity index (χ4n) is 2.82. The lowest BCUT2D eigenvalue weighted by Crippen LogP contribution is -2.58. The summed E-state index contributed by atoms with van der Waals surface area (Å²) in [5, 5.41) is 0. The van der Waals surface area contributed by atoms with Crippen molar-refractivity contribution < 1.29 is 17.9 Å². The molecule has 2 aliphatic rings. The normalized spacial score (nSPS) is 34.6. The van der Waals surface area contributed by atoms with Crippen LogP contribution in [-0.4, -0.2) is 69.6 Å². The Morgan fingerprint density at radius 3 is 2.61 bits per heavy atom. The molecule has 0 bridgehead atoms. The van der Waals surface area contributed by atoms with Gasteiger partial charge in [0.2, 0.25) is 0 Å². The molecule has 1 spiro atoms. The highest BCUT2D eigenvalue weighted by Crippen LogP contribution is 2.38. The molecule has 0 unspecified atom stereocenters. The van der Waals surface area contributed by atoms with Gasteiger partial charge in [-0.25, -0.2) is 0 Å². The molecule has 2 heterocycles. The van der Waals surface area contributed by atoms with Crippen LogP contribution in [0.1, 0.15) is 19.3 Å². The second kappa shape index (κ2) is 5.05. The van der Waals surface area contributed by atoms with Gasteiger partial charge in [-0.2, -0.15) is 17.0 Å². The van der Waals surface area contributed by atoms with Crippen LogP contribution in [0, 0.1) is 0 Å². The first-order chi connectivity index (χ1) is 8.42. The molecule has 2 aliphatic heterocycles. The van der Waals surface area contributed by atoms with Crippen LogP contribution in [0.2, 0.25) is 0 Å². The lowest BCUT2D eigenvalue weighted by molar-refractivity contribution is -0.132. The summed E-state index contributed by atoms with van der Waals surface area (Å²) in [7, 11) is 1.37. The number of piperidine rings is 1. The van der Waals surface area contributed by atoms with Gasteiger partial charge in [0, 0.05) is 40.9 Å². The minimum Gasteiger partial charge on any atom is -0.377 e. The van der Waals surface area contributed by atoms with Gasteiger partial charge in [-0.1, -0.05) is 0 Å². The monoisotopic (exact) mass is 278 g/mol. The largest absolute Gasteiger partial charge is 0.377 e. The number of hydrogen-bond acceptors (Lipinski definition) is 4. The minimum absolute atomic E-state index is 0.177. The van der Waals surface area contributed by atoms with E-state index >= 15 is 0 Å². The fourth-order valence-corrected chi connectivity index (χ4v) is 3.93. The van der Waals surface area contributed by atoms with Crippen molar-refractivity contribution in [2.24, 2.45) is 0 Å². The smallest absolute Gasteiger partial charge is 0.281 e. The zero-order valence-electron chi connectivity index (χ0n) is 11.3. The molecule has 2 saturated heterocycles. The standard InChI is InChI=1S/C11H22N2O4S/c1-12(2)18(14,15)13-7-6-11(5-4-8-17-11)10(9-13)16-3/h10H,4-9H2,1-3H3/t10-,11-/m0/s1. The zero-order chi connectivity index (χ0) is 13.4. The second-order valence-electron chi connectivity index (χ2n) is 5.14. The van der Waals surface area contributed by atoms with Crippen LogP contribution in [0.15, 0.2) is 0 Å². The Morgan fingerprint density at radius 1 is 1.39 bits per heavy atom. The number of nitrogens with zero attached hydrogens (tertiary/aromatic N) is 2. The van der Waals surface area contributed by atoms with Gasteiger partial charge in [0.05, 0.1) is 11.7 Å². The lowest BCUT2D eigenvalue weighted by atomic mass is 9.87. The quantitative estimate of drug-likeness (QED) is 0.732. The zero-order valence-corrected chi connectivity index (χ0v) is 12.1. The van der Waals surface area contributed by atoms with Crippen LogP contribution in [-0.2, 0) is 19.7 Å². The summed E-state index contributed by atoms with van der Waals surface area (Å²) in [6, 6.07) is 0. The SMILES string of the molecule is CO[C@H]1CN(S(=O)(=O)N(C)C)CC[C@@]12CCCO2. The first kappa shape index (κ1) is 14.2. The number of ether oxygens (including phenoxy) is 2. The first-order valence-corrected chi connectivity index (χ1v) is 7.66. The van der Waals surface area contributed by atoms with E-state index in [-0.39, 0.29) is 11.7 Å². The Balaban J connectivity index is 2.14. The van der Waals surface area contributed by atoms with Gasteiger partial charge in [-0.15, -0.1) is 0 Å². The van der Waals surface area contributed by atoms with Crippen LogP contribution in [0.25, 0.3) is 0 Å². The van der Waals surface area contributed by atoms with E-state index in [1.54, 1.807) is 21.2 Å². The Morgan fingerprint density at radius 2 is 2.11 bits per heavy atom. The highest BCUT2D eigenvalue weighted by molar-refractivity contribution is 7.86. The average molecular weight is 278 g/mol. The summed E-state index contributed by atoms with van der Waals surface area (Å²) >= 11 is 0. The van der Waals surface area contributed by atoms with Gasteiger partial charge in [-0.3, -0.25) is 0 Å². The van der Waals surface area contributed by atoms with Crippen molar-refractivity contribution in [3.05, 3.63) is 0 Å². The summed E-state index contributed by atoms with van der Waals surface area (Å²) in [5.74, 6) is 0. The highest BCUT2D eigenvalue weighted by Gasteiger charge is 2.49. The van der Waals surface area contributed by atoms with Gasteiger partial charge in [-0.05, 0) is 19.3 Å². The van der Waals surface area contributed by atoms with E-state index in [4.69, 9.17) is 9.47 Å². The predicted octanol–water partition coefficient (Wildman–Crippen LogP) is 0.0627. The van der Waals surface area contributed by atoms with Gasteiger partial charge in [0.15, 0.2) is 0 Å². The van der Waals surface area contributed by atoms with Crippen molar-refractivity contribution in [2.75, 3.05) is 40.9 Å². The molecular weight excluding hydrogens is 256 g/mol. The van der Waals surface area contributed by atoms with Crippen LogP contribution in [0.3, 0.4) is 0 Å². The number of hydrogen-bond donors (Lipinski definition) is 0. The molecular formula is C11H22N2O4S.